The van der Waals surface area contributed by atoms with Crippen molar-refractivity contribution in [1.82, 2.24) is 23.7 Å². The Morgan fingerprint density at radius 2 is 1.61 bits per heavy atom. The van der Waals surface area contributed by atoms with Gasteiger partial charge < -0.3 is 19.7 Å². The summed E-state index contributed by atoms with van der Waals surface area (Å²) in [6.45, 7) is 9.45. The first-order chi connectivity index (χ1) is 18.4. The summed E-state index contributed by atoms with van der Waals surface area (Å²) in [7, 11) is -3.60. The van der Waals surface area contributed by atoms with Gasteiger partial charge in [0.1, 0.15) is 0 Å². The van der Waals surface area contributed by atoms with Gasteiger partial charge in [0.15, 0.2) is 5.79 Å². The number of piperidine rings is 2. The molecule has 4 aliphatic heterocycles. The molecule has 4 heterocycles. The molecule has 11 heteroatoms. The van der Waals surface area contributed by atoms with E-state index < -0.39 is 16.0 Å². The van der Waals surface area contributed by atoms with Gasteiger partial charge in [-0.05, 0) is 31.4 Å². The third-order valence-corrected chi connectivity index (χ3v) is 10.4. The Kier molecular flexibility index (Phi) is 9.35. The van der Waals surface area contributed by atoms with Gasteiger partial charge in [-0.2, -0.15) is 17.0 Å². The van der Waals surface area contributed by atoms with Gasteiger partial charge in [0, 0.05) is 78.3 Å². The summed E-state index contributed by atoms with van der Waals surface area (Å²) >= 11 is 0. The average molecular weight is 550 g/mol. The lowest BCUT2D eigenvalue weighted by Gasteiger charge is -2.40. The number of rotatable bonds is 9. The van der Waals surface area contributed by atoms with Crippen LogP contribution >= 0.6 is 0 Å². The third kappa shape index (κ3) is 6.93. The fourth-order valence-electron chi connectivity index (χ4n) is 6.04. The number of amides is 1. The number of piperazine rings is 1. The summed E-state index contributed by atoms with van der Waals surface area (Å²) in [4.78, 5) is 17.8. The lowest BCUT2D eigenvalue weighted by atomic mass is 9.99. The molecule has 4 aliphatic rings. The van der Waals surface area contributed by atoms with Gasteiger partial charge in [-0.15, -0.1) is 0 Å². The summed E-state index contributed by atoms with van der Waals surface area (Å²) in [5.41, 5.74) is 1.36. The highest BCUT2D eigenvalue weighted by atomic mass is 32.2. The van der Waals surface area contributed by atoms with Gasteiger partial charge in [0.05, 0.1) is 19.1 Å². The smallest absolute Gasteiger partial charge is 0.282 e. The van der Waals surface area contributed by atoms with Crippen molar-refractivity contribution < 1.29 is 22.7 Å². The topological polar surface area (TPSA) is 94.7 Å². The van der Waals surface area contributed by atoms with Gasteiger partial charge in [-0.1, -0.05) is 30.3 Å². The molecule has 1 spiro atoms. The van der Waals surface area contributed by atoms with Gasteiger partial charge in [0.2, 0.25) is 5.91 Å². The van der Waals surface area contributed by atoms with E-state index in [1.807, 2.05) is 0 Å². The van der Waals surface area contributed by atoms with Crippen molar-refractivity contribution in [3.05, 3.63) is 35.9 Å². The maximum Gasteiger partial charge on any atom is 0.282 e. The van der Waals surface area contributed by atoms with Crippen LogP contribution in [0.5, 0.6) is 0 Å². The number of carbonyl (C=O) groups is 1. The van der Waals surface area contributed by atoms with Crippen molar-refractivity contribution in [2.45, 2.75) is 44.4 Å². The Bertz CT molecular complexity index is 1000. The summed E-state index contributed by atoms with van der Waals surface area (Å²) in [5.74, 6) is -0.924. The first-order valence-corrected chi connectivity index (χ1v) is 15.6. The minimum absolute atomic E-state index is 0.0251. The maximum absolute atomic E-state index is 13.3. The summed E-state index contributed by atoms with van der Waals surface area (Å²) < 4.78 is 41.1. The number of nitrogens with zero attached hydrogens (tertiary/aromatic N) is 4. The standard InChI is InChI=1S/C27H43N5O5S/c33-26(28-11-5-12-29-16-18-30(19-17-29)22-24-6-2-1-3-7-24)25-8-4-13-32(23-25)38(34,35)31-14-9-27(10-15-31)36-20-21-37-27/h1-3,6-7,25H,4-5,8-23H2,(H,28,33)/t25-/m0/s1. The van der Waals surface area contributed by atoms with Crippen LogP contribution in [0, 0.1) is 5.92 Å². The molecule has 212 valence electrons. The molecule has 1 aromatic carbocycles. The Morgan fingerprint density at radius 3 is 2.32 bits per heavy atom. The first-order valence-electron chi connectivity index (χ1n) is 14.2. The van der Waals surface area contributed by atoms with Crippen LogP contribution in [0.2, 0.25) is 0 Å². The number of nitrogens with one attached hydrogen (secondary N) is 1. The molecule has 5 rings (SSSR count). The lowest BCUT2D eigenvalue weighted by molar-refractivity contribution is -0.179. The van der Waals surface area contributed by atoms with Gasteiger partial charge in [0.25, 0.3) is 10.2 Å². The average Bonchev–Trinajstić information content (AvgIpc) is 3.40. The summed E-state index contributed by atoms with van der Waals surface area (Å²) in [6, 6.07) is 10.6. The SMILES string of the molecule is O=C(NCCCN1CCN(Cc2ccccc2)CC1)[C@H]1CCCN(S(=O)(=O)N2CCC3(CC2)OCCO3)C1. The molecule has 1 amide bonds. The maximum atomic E-state index is 13.3. The molecule has 0 unspecified atom stereocenters. The molecule has 0 radical (unpaired) electrons. The van der Waals surface area contributed by atoms with Crippen molar-refractivity contribution in [3.8, 4) is 0 Å². The van der Waals surface area contributed by atoms with Crippen LogP contribution in [0.4, 0.5) is 0 Å². The Labute approximate surface area is 227 Å². The largest absolute Gasteiger partial charge is 0.356 e. The van der Waals surface area contributed by atoms with E-state index in [0.29, 0.717) is 58.7 Å². The Balaban J connectivity index is 0.994. The molecule has 1 aromatic rings. The molecule has 0 saturated carbocycles. The van der Waals surface area contributed by atoms with Crippen LogP contribution < -0.4 is 5.32 Å². The minimum atomic E-state index is -3.60. The highest BCUT2D eigenvalue weighted by Gasteiger charge is 2.44. The Hall–Kier alpha value is -1.60. The third-order valence-electron chi connectivity index (χ3n) is 8.37. The number of benzene rings is 1. The van der Waals surface area contributed by atoms with Gasteiger partial charge in [-0.25, -0.2) is 0 Å². The molecule has 0 bridgehead atoms. The highest BCUT2D eigenvalue weighted by molar-refractivity contribution is 7.86. The number of carbonyl (C=O) groups excluding carboxylic acids is 1. The fraction of sp³-hybridized carbons (Fsp3) is 0.741. The quantitative estimate of drug-likeness (QED) is 0.461. The summed E-state index contributed by atoms with van der Waals surface area (Å²) in [5, 5.41) is 3.07. The zero-order valence-electron chi connectivity index (χ0n) is 22.4. The van der Waals surface area contributed by atoms with E-state index in [1.165, 1.54) is 14.2 Å². The predicted molar refractivity (Wildman–Crippen MR) is 144 cm³/mol. The van der Waals surface area contributed by atoms with E-state index in [1.54, 1.807) is 0 Å². The van der Waals surface area contributed by atoms with Crippen LogP contribution in [-0.2, 0) is 31.0 Å². The highest BCUT2D eigenvalue weighted by Crippen LogP contribution is 2.33. The van der Waals surface area contributed by atoms with Crippen molar-refractivity contribution in [2.24, 2.45) is 5.92 Å². The van der Waals surface area contributed by atoms with Crippen molar-refractivity contribution in [2.75, 3.05) is 78.7 Å². The molecule has 38 heavy (non-hydrogen) atoms. The van der Waals surface area contributed by atoms with Crippen LogP contribution in [0.1, 0.15) is 37.7 Å². The number of ether oxygens (including phenoxy) is 2. The molecule has 1 N–H and O–H groups in total. The normalized spacial score (nSPS) is 26.1. The van der Waals surface area contributed by atoms with Crippen LogP contribution in [0.15, 0.2) is 30.3 Å². The molecular formula is C27H43N5O5S. The molecular weight excluding hydrogens is 506 g/mol. The molecule has 0 aromatic heterocycles. The molecule has 4 saturated heterocycles. The second kappa shape index (κ2) is 12.7. The number of hydrogen-bond donors (Lipinski definition) is 1. The van der Waals surface area contributed by atoms with Crippen molar-refractivity contribution in [3.63, 3.8) is 0 Å². The Morgan fingerprint density at radius 1 is 0.921 bits per heavy atom. The zero-order chi connectivity index (χ0) is 26.4. The molecule has 4 fully saturated rings. The van der Waals surface area contributed by atoms with E-state index in [-0.39, 0.29) is 18.4 Å². The molecule has 10 nitrogen and oxygen atoms in total. The lowest BCUT2D eigenvalue weighted by Crippen LogP contribution is -2.54. The minimum Gasteiger partial charge on any atom is -0.356 e. The van der Waals surface area contributed by atoms with E-state index in [4.69, 9.17) is 9.47 Å². The molecule has 1 atom stereocenters. The second-order valence-corrected chi connectivity index (χ2v) is 12.9. The van der Waals surface area contributed by atoms with E-state index in [9.17, 15) is 13.2 Å². The first kappa shape index (κ1) is 27.9. The predicted octanol–water partition coefficient (Wildman–Crippen LogP) is 1.11. The van der Waals surface area contributed by atoms with Gasteiger partial charge in [-0.3, -0.25) is 9.69 Å². The van der Waals surface area contributed by atoms with Crippen molar-refractivity contribution >= 4 is 16.1 Å². The van der Waals surface area contributed by atoms with Gasteiger partial charge >= 0.3 is 0 Å². The fourth-order valence-corrected chi connectivity index (χ4v) is 7.74. The summed E-state index contributed by atoms with van der Waals surface area (Å²) in [6.07, 6.45) is 3.43. The van der Waals surface area contributed by atoms with E-state index in [2.05, 4.69) is 45.4 Å². The van der Waals surface area contributed by atoms with Crippen molar-refractivity contribution in [1.29, 1.82) is 0 Å². The van der Waals surface area contributed by atoms with E-state index in [0.717, 1.165) is 52.1 Å². The zero-order valence-corrected chi connectivity index (χ0v) is 23.2. The molecule has 0 aliphatic carbocycles. The van der Waals surface area contributed by atoms with Crippen LogP contribution in [-0.4, -0.2) is 117 Å². The second-order valence-electron chi connectivity index (χ2n) is 11.0. The van der Waals surface area contributed by atoms with Crippen LogP contribution in [0.25, 0.3) is 0 Å². The number of hydrogen-bond acceptors (Lipinski definition) is 7. The van der Waals surface area contributed by atoms with Crippen LogP contribution in [0.3, 0.4) is 0 Å². The monoisotopic (exact) mass is 549 g/mol. The van der Waals surface area contributed by atoms with E-state index >= 15 is 0 Å².